The molecule has 0 aliphatic heterocycles. The highest BCUT2D eigenvalue weighted by Crippen LogP contribution is 2.31. The van der Waals surface area contributed by atoms with E-state index >= 15 is 0 Å². The number of carbonyl (C=O) groups is 5. The first-order chi connectivity index (χ1) is 48.0. The van der Waals surface area contributed by atoms with Gasteiger partial charge >= 0.3 is 29.8 Å². The van der Waals surface area contributed by atoms with E-state index in [1.807, 2.05) is 60.7 Å². The monoisotopic (exact) mass is 1630 g/mol. The normalized spacial score (nSPS) is 9.86. The van der Waals surface area contributed by atoms with Crippen molar-refractivity contribution >= 4 is 151 Å². The van der Waals surface area contributed by atoms with Crippen LogP contribution in [0.25, 0.3) is 0 Å². The summed E-state index contributed by atoms with van der Waals surface area (Å²) in [6.45, 7) is 10.6. The Balaban J connectivity index is 0.000000649. The van der Waals surface area contributed by atoms with Crippen molar-refractivity contribution in [3.05, 3.63) is 293 Å². The van der Waals surface area contributed by atoms with E-state index in [0.717, 1.165) is 64.2 Å². The summed E-state index contributed by atoms with van der Waals surface area (Å²) in [6, 6.07) is 61.9. The molecular formula is C80H80Cl5F5O10S5. The minimum Gasteiger partial charge on any atom is -0.423 e. The number of hydrogen-bond acceptors (Lipinski definition) is 15. The van der Waals surface area contributed by atoms with Crippen molar-refractivity contribution in [1.29, 1.82) is 0 Å². The highest BCUT2D eigenvalue weighted by atomic mass is 35.5. The minimum absolute atomic E-state index is 0. The van der Waals surface area contributed by atoms with E-state index < -0.39 is 29.8 Å². The predicted octanol–water partition coefficient (Wildman–Crippen LogP) is 24.8. The van der Waals surface area contributed by atoms with Crippen LogP contribution in [0.2, 0.25) is 25.1 Å². The molecule has 0 heterocycles. The highest BCUT2D eigenvalue weighted by molar-refractivity contribution is 7.81. The SMILES string of the molecule is CCCc1ccc(C(=O)Oc2ccc(S)c(Cl)c2)cc1.CCCc1ccc(C(=O)Oc2ccc(S)c(Cl)c2)cc1.CCCc1ccc(C(=O)Oc2ccc(S)c(Cl)c2)cc1.CCCc1ccc(C(=O)Oc2ccc(S)c(Cl)c2)cc1.CCCc1ccc(C(=O)Oc2ccc(S)c(Cl)c2)cc1.F.F.F.F.F. The molecule has 10 nitrogen and oxygen atoms in total. The lowest BCUT2D eigenvalue weighted by molar-refractivity contribution is 0.0725. The van der Waals surface area contributed by atoms with Crippen LogP contribution in [0.5, 0.6) is 28.7 Å². The number of carbonyl (C=O) groups excluding carboxylic acids is 5. The molecule has 0 bridgehead atoms. The molecule has 560 valence electrons. The van der Waals surface area contributed by atoms with Gasteiger partial charge in [-0.25, -0.2) is 24.0 Å². The van der Waals surface area contributed by atoms with Crippen molar-refractivity contribution in [1.82, 2.24) is 0 Å². The molecule has 0 radical (unpaired) electrons. The van der Waals surface area contributed by atoms with E-state index in [1.54, 1.807) is 152 Å². The van der Waals surface area contributed by atoms with Crippen molar-refractivity contribution < 1.29 is 71.2 Å². The first-order valence-corrected chi connectivity index (χ1v) is 36.1. The lowest BCUT2D eigenvalue weighted by Gasteiger charge is -2.06. The van der Waals surface area contributed by atoms with Gasteiger partial charge in [-0.15, -0.1) is 63.1 Å². The maximum atomic E-state index is 12.0. The first-order valence-electron chi connectivity index (χ1n) is 32.0. The van der Waals surface area contributed by atoms with Crippen LogP contribution in [0.1, 0.15) is 146 Å². The van der Waals surface area contributed by atoms with Crippen molar-refractivity contribution in [2.24, 2.45) is 0 Å². The van der Waals surface area contributed by atoms with Crippen LogP contribution in [0, 0.1) is 0 Å². The number of ether oxygens (including phenoxy) is 5. The smallest absolute Gasteiger partial charge is 0.343 e. The maximum absolute atomic E-state index is 12.0. The average molecular weight is 1630 g/mol. The quantitative estimate of drug-likeness (QED) is 0.0218. The van der Waals surface area contributed by atoms with Gasteiger partial charge in [-0.3, -0.25) is 23.5 Å². The van der Waals surface area contributed by atoms with Gasteiger partial charge in [0.25, 0.3) is 0 Å². The number of aryl methyl sites for hydroxylation is 5. The summed E-state index contributed by atoms with van der Waals surface area (Å²) in [6.07, 6.45) is 10.4. The number of benzene rings is 10. The van der Waals surface area contributed by atoms with E-state index in [-0.39, 0.29) is 23.5 Å². The van der Waals surface area contributed by atoms with Gasteiger partial charge < -0.3 is 23.7 Å². The summed E-state index contributed by atoms with van der Waals surface area (Å²) in [4.78, 5) is 63.2. The molecule has 0 aromatic heterocycles. The van der Waals surface area contributed by atoms with Gasteiger partial charge in [0.1, 0.15) is 28.7 Å². The molecule has 0 amide bonds. The molecule has 0 spiro atoms. The summed E-state index contributed by atoms with van der Waals surface area (Å²) in [7, 11) is 0. The van der Waals surface area contributed by atoms with Gasteiger partial charge in [0.15, 0.2) is 0 Å². The van der Waals surface area contributed by atoms with Gasteiger partial charge in [0.2, 0.25) is 0 Å². The Kier molecular flexibility index (Phi) is 45.5. The van der Waals surface area contributed by atoms with Crippen LogP contribution in [-0.2, 0) is 32.1 Å². The minimum atomic E-state index is -0.393. The van der Waals surface area contributed by atoms with Crippen LogP contribution in [0.4, 0.5) is 23.5 Å². The highest BCUT2D eigenvalue weighted by Gasteiger charge is 2.15. The second-order valence-electron chi connectivity index (χ2n) is 22.2. The zero-order valence-electron chi connectivity index (χ0n) is 57.5. The third-order valence-corrected chi connectivity index (χ3v) is 18.5. The van der Waals surface area contributed by atoms with Crippen molar-refractivity contribution in [2.45, 2.75) is 123 Å². The molecule has 0 aliphatic rings. The predicted molar refractivity (Wildman–Crippen MR) is 433 cm³/mol. The average Bonchev–Trinajstić information content (AvgIpc) is 0.875. The largest absolute Gasteiger partial charge is 0.423 e. The Bertz CT molecular complexity index is 3720. The third-order valence-electron chi connectivity index (χ3n) is 14.3. The lowest BCUT2D eigenvalue weighted by atomic mass is 10.1. The van der Waals surface area contributed by atoms with Gasteiger partial charge in [0, 0.05) is 54.8 Å². The van der Waals surface area contributed by atoms with Crippen LogP contribution < -0.4 is 23.7 Å². The van der Waals surface area contributed by atoms with Crippen LogP contribution in [-0.4, -0.2) is 29.8 Å². The molecule has 0 saturated carbocycles. The van der Waals surface area contributed by atoms with Crippen LogP contribution in [0.3, 0.4) is 0 Å². The van der Waals surface area contributed by atoms with E-state index in [2.05, 4.69) is 97.8 Å². The molecular weight excluding hydrogens is 1550 g/mol. The standard InChI is InChI=1S/5C16H15ClO2S.5FH/c5*1-2-3-11-4-6-12(7-5-11)16(18)19-13-8-9-15(20)14(17)10-13;;;;;/h5*4-10,20H,2-3H2,1H3;5*1H. The summed E-state index contributed by atoms with van der Waals surface area (Å²) in [5.41, 5.74) is 8.69. The van der Waals surface area contributed by atoms with E-state index in [4.69, 9.17) is 81.7 Å². The Hall–Kier alpha value is -7.60. The first kappa shape index (κ1) is 95.4. The summed E-state index contributed by atoms with van der Waals surface area (Å²) in [5.74, 6) is 0.0994. The lowest BCUT2D eigenvalue weighted by Crippen LogP contribution is -2.08. The van der Waals surface area contributed by atoms with Crippen molar-refractivity contribution in [3.8, 4) is 28.7 Å². The summed E-state index contributed by atoms with van der Waals surface area (Å²) < 4.78 is 26.4. The molecule has 0 aliphatic carbocycles. The fourth-order valence-electron chi connectivity index (χ4n) is 9.07. The second kappa shape index (κ2) is 50.0. The van der Waals surface area contributed by atoms with Crippen molar-refractivity contribution in [2.75, 3.05) is 0 Å². The number of rotatable bonds is 20. The Morgan fingerprint density at radius 1 is 0.238 bits per heavy atom. The van der Waals surface area contributed by atoms with E-state index in [9.17, 15) is 24.0 Å². The molecule has 10 aromatic rings. The zero-order valence-corrected chi connectivity index (χ0v) is 65.8. The number of halogens is 10. The number of esters is 5. The molecule has 0 fully saturated rings. The molecule has 0 unspecified atom stereocenters. The van der Waals surface area contributed by atoms with Gasteiger partial charge in [-0.2, -0.15) is 0 Å². The zero-order chi connectivity index (χ0) is 72.7. The topological polar surface area (TPSA) is 132 Å². The molecule has 10 aromatic carbocycles. The Morgan fingerprint density at radius 2 is 0.371 bits per heavy atom. The number of thiol groups is 5. The number of hydrogen-bond donors (Lipinski definition) is 5. The van der Waals surface area contributed by atoms with E-state index in [0.29, 0.717) is 106 Å². The molecule has 0 saturated heterocycles. The molecule has 0 N–H and O–H groups in total. The van der Waals surface area contributed by atoms with Gasteiger partial charge in [0.05, 0.1) is 52.9 Å². The fraction of sp³-hybridized carbons (Fsp3) is 0.188. The summed E-state index contributed by atoms with van der Waals surface area (Å²) >= 11 is 50.5. The second-order valence-corrected chi connectivity index (χ2v) is 26.7. The molecule has 25 heteroatoms. The Morgan fingerprint density at radius 3 is 0.486 bits per heavy atom. The van der Waals surface area contributed by atoms with Crippen molar-refractivity contribution in [3.63, 3.8) is 0 Å². The van der Waals surface area contributed by atoms with Crippen LogP contribution in [0.15, 0.2) is 237 Å². The summed E-state index contributed by atoms with van der Waals surface area (Å²) in [5, 5.41) is 2.28. The Labute approximate surface area is 662 Å². The van der Waals surface area contributed by atoms with Gasteiger partial charge in [-0.05, 0) is 181 Å². The van der Waals surface area contributed by atoms with Gasteiger partial charge in [-0.1, -0.05) is 185 Å². The molecule has 10 rings (SSSR count). The maximum Gasteiger partial charge on any atom is 0.343 e. The molecule has 0 atom stereocenters. The third kappa shape index (κ3) is 32.6. The molecule has 105 heavy (non-hydrogen) atoms. The van der Waals surface area contributed by atoms with Crippen LogP contribution >= 0.6 is 121 Å². The fourth-order valence-corrected chi connectivity index (χ4v) is 10.6. The van der Waals surface area contributed by atoms with E-state index in [1.165, 1.54) is 27.8 Å².